The number of carbonyl (C=O) groups is 2. The Kier molecular flexibility index (Phi) is 6.95. The van der Waals surface area contributed by atoms with Crippen molar-refractivity contribution in [2.75, 3.05) is 14.2 Å². The fourth-order valence-corrected chi connectivity index (χ4v) is 2.14. The highest BCUT2D eigenvalue weighted by molar-refractivity contribution is 5.89. The smallest absolute Gasteiger partial charge is 0.352 e. The van der Waals surface area contributed by atoms with Gasteiger partial charge in [-0.3, -0.25) is 0 Å². The van der Waals surface area contributed by atoms with Crippen molar-refractivity contribution in [1.29, 1.82) is 0 Å². The third-order valence-electron chi connectivity index (χ3n) is 3.61. The molecule has 0 saturated carbocycles. The Morgan fingerprint density at radius 2 is 1.71 bits per heavy atom. The quantitative estimate of drug-likeness (QED) is 0.434. The van der Waals surface area contributed by atoms with Crippen LogP contribution >= 0.6 is 0 Å². The maximum Gasteiger partial charge on any atom is 0.352 e. The van der Waals surface area contributed by atoms with Crippen molar-refractivity contribution < 1.29 is 23.9 Å². The number of methoxy groups -OCH3 is 2. The van der Waals surface area contributed by atoms with E-state index in [1.807, 2.05) is 19.1 Å². The number of esters is 2. The molecule has 1 atom stereocenters. The van der Waals surface area contributed by atoms with Gasteiger partial charge in [0.1, 0.15) is 0 Å². The van der Waals surface area contributed by atoms with E-state index < -0.39 is 11.6 Å². The van der Waals surface area contributed by atoms with Crippen LogP contribution < -0.4 is 0 Å². The maximum atomic E-state index is 11.5. The van der Waals surface area contributed by atoms with E-state index in [4.69, 9.17) is 4.84 Å². The topological polar surface area (TPSA) is 74.2 Å². The molecule has 132 valence electrons. The van der Waals surface area contributed by atoms with Crippen molar-refractivity contribution in [2.24, 2.45) is 5.16 Å². The summed E-state index contributed by atoms with van der Waals surface area (Å²) in [5.74, 6) is -0.652. The van der Waals surface area contributed by atoms with E-state index in [1.54, 1.807) is 26.0 Å². The summed E-state index contributed by atoms with van der Waals surface area (Å²) in [6, 6.07) is 7.26. The lowest BCUT2D eigenvalue weighted by molar-refractivity contribution is -0.165. The van der Waals surface area contributed by atoms with Crippen LogP contribution in [0.2, 0.25) is 0 Å². The van der Waals surface area contributed by atoms with Gasteiger partial charge in [-0.2, -0.15) is 0 Å². The summed E-state index contributed by atoms with van der Waals surface area (Å²) in [7, 11) is 2.67. The molecule has 1 aromatic carbocycles. The Hall–Kier alpha value is -2.37. The van der Waals surface area contributed by atoms with Crippen LogP contribution in [0.5, 0.6) is 0 Å². The average Bonchev–Trinajstić information content (AvgIpc) is 2.58. The van der Waals surface area contributed by atoms with E-state index in [0.717, 1.165) is 11.3 Å². The van der Waals surface area contributed by atoms with Gasteiger partial charge < -0.3 is 14.3 Å². The van der Waals surface area contributed by atoms with Crippen LogP contribution in [0.3, 0.4) is 0 Å². The fraction of sp³-hybridized carbons (Fsp3) is 0.500. The third-order valence-corrected chi connectivity index (χ3v) is 3.61. The van der Waals surface area contributed by atoms with E-state index in [2.05, 4.69) is 21.6 Å². The number of oxime groups is 1. The van der Waals surface area contributed by atoms with Crippen LogP contribution in [-0.2, 0) is 19.1 Å². The molecule has 0 spiro atoms. The first-order chi connectivity index (χ1) is 11.2. The van der Waals surface area contributed by atoms with Crippen LogP contribution in [-0.4, -0.2) is 37.5 Å². The second-order valence-corrected chi connectivity index (χ2v) is 6.14. The van der Waals surface area contributed by atoms with Crippen LogP contribution in [0.15, 0.2) is 29.4 Å². The molecule has 1 aromatic rings. The minimum absolute atomic E-state index is 0.185. The Balaban J connectivity index is 2.69. The van der Waals surface area contributed by atoms with E-state index in [-0.39, 0.29) is 11.9 Å². The Bertz CT molecular complexity index is 604. The number of hydrogen-bond donors (Lipinski definition) is 0. The van der Waals surface area contributed by atoms with Gasteiger partial charge in [0.2, 0.25) is 5.60 Å². The van der Waals surface area contributed by atoms with Gasteiger partial charge in [0, 0.05) is 0 Å². The number of ether oxygens (including phenoxy) is 2. The Labute approximate surface area is 142 Å². The lowest BCUT2D eigenvalue weighted by Gasteiger charge is -2.19. The minimum Gasteiger partial charge on any atom is -0.466 e. The van der Waals surface area contributed by atoms with Crippen molar-refractivity contribution >= 4 is 17.7 Å². The largest absolute Gasteiger partial charge is 0.466 e. The standard InChI is InChI=1S/C18H25NO5/c1-12(14-7-9-15(10-8-14)16(20)22-5)11-13(2)19-24-18(3,4)17(21)23-6/h7-10,12H,11H2,1-6H3/b19-13+. The highest BCUT2D eigenvalue weighted by Crippen LogP contribution is 2.21. The molecule has 0 aliphatic carbocycles. The summed E-state index contributed by atoms with van der Waals surface area (Å²) >= 11 is 0. The summed E-state index contributed by atoms with van der Waals surface area (Å²) in [4.78, 5) is 28.3. The Morgan fingerprint density at radius 3 is 2.21 bits per heavy atom. The molecular weight excluding hydrogens is 310 g/mol. The van der Waals surface area contributed by atoms with Gasteiger partial charge in [0.05, 0.1) is 25.5 Å². The average molecular weight is 335 g/mol. The van der Waals surface area contributed by atoms with Gasteiger partial charge in [-0.15, -0.1) is 0 Å². The van der Waals surface area contributed by atoms with Crippen LogP contribution in [0.25, 0.3) is 0 Å². The molecule has 0 N–H and O–H groups in total. The van der Waals surface area contributed by atoms with Gasteiger partial charge in [0.15, 0.2) is 0 Å². The predicted molar refractivity (Wildman–Crippen MR) is 91.1 cm³/mol. The lowest BCUT2D eigenvalue weighted by Crippen LogP contribution is -2.34. The van der Waals surface area contributed by atoms with Crippen LogP contribution in [0, 0.1) is 0 Å². The van der Waals surface area contributed by atoms with Gasteiger partial charge in [-0.25, -0.2) is 9.59 Å². The lowest BCUT2D eigenvalue weighted by atomic mass is 9.95. The third kappa shape index (κ3) is 5.37. The van der Waals surface area contributed by atoms with Gasteiger partial charge >= 0.3 is 11.9 Å². The summed E-state index contributed by atoms with van der Waals surface area (Å²) < 4.78 is 9.35. The number of rotatable bonds is 7. The molecule has 6 nitrogen and oxygen atoms in total. The predicted octanol–water partition coefficient (Wildman–Crippen LogP) is 3.31. The maximum absolute atomic E-state index is 11.5. The molecule has 24 heavy (non-hydrogen) atoms. The van der Waals surface area contributed by atoms with E-state index in [9.17, 15) is 9.59 Å². The summed E-state index contributed by atoms with van der Waals surface area (Å²) in [5.41, 5.74) is 1.23. The molecule has 0 aliphatic rings. The minimum atomic E-state index is -1.12. The molecule has 6 heteroatoms. The summed E-state index contributed by atoms with van der Waals surface area (Å²) in [5, 5.41) is 4.03. The monoisotopic (exact) mass is 335 g/mol. The molecular formula is C18H25NO5. The molecule has 0 saturated heterocycles. The van der Waals surface area contributed by atoms with Crippen molar-refractivity contribution in [3.8, 4) is 0 Å². The van der Waals surface area contributed by atoms with E-state index in [0.29, 0.717) is 12.0 Å². The first kappa shape index (κ1) is 19.7. The molecule has 1 unspecified atom stereocenters. The zero-order chi connectivity index (χ0) is 18.3. The second-order valence-electron chi connectivity index (χ2n) is 6.14. The number of hydrogen-bond acceptors (Lipinski definition) is 6. The highest BCUT2D eigenvalue weighted by Gasteiger charge is 2.31. The molecule has 0 aromatic heterocycles. The zero-order valence-corrected chi connectivity index (χ0v) is 15.1. The molecule has 0 aliphatic heterocycles. The van der Waals surface area contributed by atoms with Crippen molar-refractivity contribution in [3.05, 3.63) is 35.4 Å². The normalized spacial score (nSPS) is 13.2. The molecule has 0 heterocycles. The first-order valence-electron chi connectivity index (χ1n) is 7.69. The molecule has 0 radical (unpaired) electrons. The summed E-state index contributed by atoms with van der Waals surface area (Å²) in [6.07, 6.45) is 0.662. The van der Waals surface area contributed by atoms with Crippen molar-refractivity contribution in [3.63, 3.8) is 0 Å². The molecule has 1 rings (SSSR count). The van der Waals surface area contributed by atoms with Gasteiger partial charge in [-0.1, -0.05) is 24.2 Å². The van der Waals surface area contributed by atoms with Crippen molar-refractivity contribution in [2.45, 2.75) is 45.6 Å². The molecule has 0 amide bonds. The zero-order valence-electron chi connectivity index (χ0n) is 15.1. The fourth-order valence-electron chi connectivity index (χ4n) is 2.14. The second kappa shape index (κ2) is 8.47. The van der Waals surface area contributed by atoms with Crippen molar-refractivity contribution in [1.82, 2.24) is 0 Å². The van der Waals surface area contributed by atoms with Crippen LogP contribution in [0.1, 0.15) is 56.0 Å². The van der Waals surface area contributed by atoms with Crippen LogP contribution in [0.4, 0.5) is 0 Å². The van der Waals surface area contributed by atoms with Gasteiger partial charge in [-0.05, 0) is 50.8 Å². The highest BCUT2D eigenvalue weighted by atomic mass is 16.7. The summed E-state index contributed by atoms with van der Waals surface area (Å²) in [6.45, 7) is 7.10. The first-order valence-corrected chi connectivity index (χ1v) is 7.69. The number of carbonyl (C=O) groups excluding carboxylic acids is 2. The van der Waals surface area contributed by atoms with E-state index in [1.165, 1.54) is 14.2 Å². The molecule has 0 fully saturated rings. The van der Waals surface area contributed by atoms with Gasteiger partial charge in [0.25, 0.3) is 0 Å². The molecule has 0 bridgehead atoms. The van der Waals surface area contributed by atoms with E-state index >= 15 is 0 Å². The number of benzene rings is 1. The number of nitrogens with zero attached hydrogens (tertiary/aromatic N) is 1. The Morgan fingerprint density at radius 1 is 1.12 bits per heavy atom. The SMILES string of the molecule is COC(=O)c1ccc(C(C)C/C(C)=N/OC(C)(C)C(=O)OC)cc1.